The molecule has 0 radical (unpaired) electrons. The van der Waals surface area contributed by atoms with Crippen LogP contribution in [0.3, 0.4) is 0 Å². The lowest BCUT2D eigenvalue weighted by Gasteiger charge is -2.21. The number of hydrogen-bond acceptors (Lipinski definition) is 1. The highest BCUT2D eigenvalue weighted by atomic mass is 127. The van der Waals surface area contributed by atoms with Crippen molar-refractivity contribution in [2.24, 2.45) is 0 Å². The summed E-state index contributed by atoms with van der Waals surface area (Å²) >= 11 is 8.29. The van der Waals surface area contributed by atoms with Crippen LogP contribution in [0.4, 0.5) is 0 Å². The Hall–Kier alpha value is -0.290. The van der Waals surface area contributed by atoms with E-state index in [1.165, 1.54) is 0 Å². The maximum atomic E-state index is 12.2. The molecule has 1 aliphatic rings. The maximum Gasteiger partial charge on any atom is 0.255 e. The normalized spacial score (nSPS) is 20.2. The second-order valence-electron chi connectivity index (χ2n) is 4.11. The molecule has 1 amide bonds. The zero-order chi connectivity index (χ0) is 11.7. The molecule has 0 aliphatic carbocycles. The van der Waals surface area contributed by atoms with Gasteiger partial charge in [-0.3, -0.25) is 4.79 Å². The van der Waals surface area contributed by atoms with Gasteiger partial charge in [0.15, 0.2) is 0 Å². The molecule has 86 valence electrons. The van der Waals surface area contributed by atoms with E-state index in [0.29, 0.717) is 16.6 Å². The largest absolute Gasteiger partial charge is 0.336 e. The highest BCUT2D eigenvalue weighted by Gasteiger charge is 2.27. The van der Waals surface area contributed by atoms with Crippen LogP contribution < -0.4 is 0 Å². The summed E-state index contributed by atoms with van der Waals surface area (Å²) in [5, 5.41) is 0.552. The van der Waals surface area contributed by atoms with Crippen LogP contribution in [0.15, 0.2) is 18.2 Å². The molecule has 0 bridgehead atoms. The van der Waals surface area contributed by atoms with Crippen molar-refractivity contribution < 1.29 is 4.79 Å². The van der Waals surface area contributed by atoms with Gasteiger partial charge in [0, 0.05) is 16.2 Å². The molecule has 1 heterocycles. The number of carbonyl (C=O) groups excluding carboxylic acids is 1. The van der Waals surface area contributed by atoms with Gasteiger partial charge in [-0.05, 0) is 60.6 Å². The van der Waals surface area contributed by atoms with Crippen LogP contribution in [0.25, 0.3) is 0 Å². The van der Waals surface area contributed by atoms with E-state index >= 15 is 0 Å². The van der Waals surface area contributed by atoms with Gasteiger partial charge < -0.3 is 4.90 Å². The summed E-state index contributed by atoms with van der Waals surface area (Å²) in [6.45, 7) is 2.94. The van der Waals surface area contributed by atoms with Gasteiger partial charge in [-0.2, -0.15) is 0 Å². The number of benzene rings is 1. The van der Waals surface area contributed by atoms with Crippen molar-refractivity contribution in [3.05, 3.63) is 32.4 Å². The molecule has 0 saturated carbocycles. The Balaban J connectivity index is 2.27. The van der Waals surface area contributed by atoms with Crippen LogP contribution >= 0.6 is 34.2 Å². The van der Waals surface area contributed by atoms with Crippen LogP contribution in [-0.2, 0) is 0 Å². The van der Waals surface area contributed by atoms with Gasteiger partial charge in [-0.1, -0.05) is 11.6 Å². The second-order valence-corrected chi connectivity index (χ2v) is 5.77. The fourth-order valence-corrected chi connectivity index (χ4v) is 2.99. The summed E-state index contributed by atoms with van der Waals surface area (Å²) in [6, 6.07) is 5.90. The molecule has 0 N–H and O–H groups in total. The van der Waals surface area contributed by atoms with E-state index in [0.717, 1.165) is 23.0 Å². The van der Waals surface area contributed by atoms with Crippen LogP contribution in [0.1, 0.15) is 30.1 Å². The minimum atomic E-state index is 0.0615. The Bertz CT molecular complexity index is 421. The van der Waals surface area contributed by atoms with E-state index in [1.54, 1.807) is 0 Å². The highest BCUT2D eigenvalue weighted by molar-refractivity contribution is 14.1. The first-order valence-corrected chi connectivity index (χ1v) is 6.81. The predicted molar refractivity (Wildman–Crippen MR) is 73.9 cm³/mol. The van der Waals surface area contributed by atoms with Gasteiger partial charge in [0.2, 0.25) is 0 Å². The Morgan fingerprint density at radius 1 is 1.56 bits per heavy atom. The van der Waals surface area contributed by atoms with E-state index in [-0.39, 0.29) is 5.91 Å². The Labute approximate surface area is 114 Å². The van der Waals surface area contributed by atoms with Crippen molar-refractivity contribution >= 4 is 40.1 Å². The van der Waals surface area contributed by atoms with Crippen molar-refractivity contribution in [1.82, 2.24) is 4.90 Å². The molecule has 0 aromatic heterocycles. The minimum absolute atomic E-state index is 0.0615. The van der Waals surface area contributed by atoms with Crippen molar-refractivity contribution in [2.75, 3.05) is 6.54 Å². The average Bonchev–Trinajstić information content (AvgIpc) is 2.63. The highest BCUT2D eigenvalue weighted by Crippen LogP contribution is 2.24. The zero-order valence-corrected chi connectivity index (χ0v) is 12.0. The Morgan fingerprint density at radius 2 is 2.31 bits per heavy atom. The van der Waals surface area contributed by atoms with Crippen molar-refractivity contribution in [3.8, 4) is 0 Å². The second kappa shape index (κ2) is 4.92. The minimum Gasteiger partial charge on any atom is -0.336 e. The van der Waals surface area contributed by atoms with E-state index < -0.39 is 0 Å². The summed E-state index contributed by atoms with van der Waals surface area (Å²) in [7, 11) is 0. The number of likely N-dealkylation sites (tertiary alicyclic amines) is 1. The van der Waals surface area contributed by atoms with Crippen LogP contribution in [0.2, 0.25) is 5.02 Å². The lowest BCUT2D eigenvalue weighted by molar-refractivity contribution is 0.0747. The van der Waals surface area contributed by atoms with Gasteiger partial charge in [0.05, 0.1) is 10.6 Å². The van der Waals surface area contributed by atoms with Crippen LogP contribution in [-0.4, -0.2) is 23.4 Å². The summed E-state index contributed by atoms with van der Waals surface area (Å²) in [5.41, 5.74) is 0.621. The third kappa shape index (κ3) is 2.35. The number of amides is 1. The monoisotopic (exact) mass is 349 g/mol. The molecule has 1 atom stereocenters. The van der Waals surface area contributed by atoms with E-state index in [4.69, 9.17) is 11.6 Å². The molecule has 1 fully saturated rings. The molecule has 1 aromatic carbocycles. The summed E-state index contributed by atoms with van der Waals surface area (Å²) in [4.78, 5) is 14.1. The molecule has 4 heteroatoms. The van der Waals surface area contributed by atoms with Crippen molar-refractivity contribution in [2.45, 2.75) is 25.8 Å². The van der Waals surface area contributed by atoms with Crippen molar-refractivity contribution in [3.63, 3.8) is 0 Å². The standard InChI is InChI=1S/C12H13ClINO/c1-8-3-2-6-15(8)12(16)10-5-4-9(14)7-11(10)13/h4-5,7-8H,2-3,6H2,1H3/t8-/m1/s1. The van der Waals surface area contributed by atoms with Crippen LogP contribution in [0, 0.1) is 3.57 Å². The third-order valence-electron chi connectivity index (χ3n) is 2.98. The predicted octanol–water partition coefficient (Wildman–Crippen LogP) is 3.57. The molecular weight excluding hydrogens is 336 g/mol. The number of rotatable bonds is 1. The fraction of sp³-hybridized carbons (Fsp3) is 0.417. The molecule has 1 aromatic rings. The van der Waals surface area contributed by atoms with Gasteiger partial charge in [0.25, 0.3) is 5.91 Å². The van der Waals surface area contributed by atoms with Gasteiger partial charge >= 0.3 is 0 Å². The number of hydrogen-bond donors (Lipinski definition) is 0. The van der Waals surface area contributed by atoms with E-state index in [2.05, 4.69) is 29.5 Å². The first-order chi connectivity index (χ1) is 7.59. The van der Waals surface area contributed by atoms with Crippen LogP contribution in [0.5, 0.6) is 0 Å². The number of carbonyl (C=O) groups is 1. The average molecular weight is 350 g/mol. The first kappa shape index (κ1) is 12.2. The van der Waals surface area contributed by atoms with E-state index in [1.807, 2.05) is 23.1 Å². The topological polar surface area (TPSA) is 20.3 Å². The Kier molecular flexibility index (Phi) is 3.74. The Morgan fingerprint density at radius 3 is 2.88 bits per heavy atom. The lowest BCUT2D eigenvalue weighted by Crippen LogP contribution is -2.33. The van der Waals surface area contributed by atoms with Crippen molar-refractivity contribution in [1.29, 1.82) is 0 Å². The third-order valence-corrected chi connectivity index (χ3v) is 3.96. The molecule has 1 aliphatic heterocycles. The SMILES string of the molecule is C[C@@H]1CCCN1C(=O)c1ccc(I)cc1Cl. The smallest absolute Gasteiger partial charge is 0.255 e. The van der Waals surface area contributed by atoms with Gasteiger partial charge in [0.1, 0.15) is 0 Å². The fourth-order valence-electron chi connectivity index (χ4n) is 2.05. The molecule has 2 nitrogen and oxygen atoms in total. The first-order valence-electron chi connectivity index (χ1n) is 5.35. The summed E-state index contributed by atoms with van der Waals surface area (Å²) < 4.78 is 1.05. The maximum absolute atomic E-state index is 12.2. The van der Waals surface area contributed by atoms with Gasteiger partial charge in [-0.15, -0.1) is 0 Å². The number of halogens is 2. The summed E-state index contributed by atoms with van der Waals surface area (Å²) in [6.07, 6.45) is 2.18. The number of nitrogens with zero attached hydrogens (tertiary/aromatic N) is 1. The zero-order valence-electron chi connectivity index (χ0n) is 9.04. The lowest BCUT2D eigenvalue weighted by atomic mass is 10.2. The quantitative estimate of drug-likeness (QED) is 0.710. The molecular formula is C12H13ClINO. The molecule has 2 rings (SSSR count). The molecule has 1 saturated heterocycles. The molecule has 16 heavy (non-hydrogen) atoms. The van der Waals surface area contributed by atoms with Gasteiger partial charge in [-0.25, -0.2) is 0 Å². The molecule has 0 spiro atoms. The molecule has 0 unspecified atom stereocenters. The summed E-state index contributed by atoms with van der Waals surface area (Å²) in [5.74, 6) is 0.0615. The van der Waals surface area contributed by atoms with E-state index in [9.17, 15) is 4.79 Å².